The van der Waals surface area contributed by atoms with Crippen molar-refractivity contribution in [3.05, 3.63) is 83.2 Å². The van der Waals surface area contributed by atoms with Crippen LogP contribution in [0.4, 0.5) is 8.78 Å². The second-order valence-corrected chi connectivity index (χ2v) is 7.10. The normalized spacial score (nSPS) is 13.7. The number of carboxylic acid groups (broad SMARTS) is 1. The number of nitrogens with zero attached hydrogens (tertiary/aromatic N) is 1. The Bertz CT molecular complexity index is 1040. The number of benzene rings is 2. The van der Waals surface area contributed by atoms with E-state index in [4.69, 9.17) is 4.74 Å². The molecule has 2 aromatic carbocycles. The molecule has 0 saturated heterocycles. The molecule has 148 valence electrons. The van der Waals surface area contributed by atoms with Crippen LogP contribution in [0.1, 0.15) is 40.9 Å². The van der Waals surface area contributed by atoms with Crippen LogP contribution in [-0.2, 0) is 6.42 Å². The van der Waals surface area contributed by atoms with Gasteiger partial charge in [0.1, 0.15) is 17.4 Å². The van der Waals surface area contributed by atoms with Gasteiger partial charge in [-0.3, -0.25) is 4.98 Å². The minimum Gasteiger partial charge on any atom is -0.490 e. The van der Waals surface area contributed by atoms with Crippen molar-refractivity contribution in [2.45, 2.75) is 31.8 Å². The van der Waals surface area contributed by atoms with Crippen LogP contribution in [0.2, 0.25) is 0 Å². The fraction of sp³-hybridized carbons (Fsp3) is 0.217. The van der Waals surface area contributed by atoms with Crippen LogP contribution in [0.3, 0.4) is 0 Å². The summed E-state index contributed by atoms with van der Waals surface area (Å²) in [5.74, 6) is -2.00. The minimum absolute atomic E-state index is 0.0729. The second-order valence-electron chi connectivity index (χ2n) is 7.10. The molecule has 1 aromatic heterocycles. The van der Waals surface area contributed by atoms with Gasteiger partial charge in [0.2, 0.25) is 0 Å². The van der Waals surface area contributed by atoms with E-state index in [1.165, 1.54) is 30.5 Å². The largest absolute Gasteiger partial charge is 0.490 e. The van der Waals surface area contributed by atoms with Gasteiger partial charge in [-0.1, -0.05) is 12.1 Å². The van der Waals surface area contributed by atoms with Gasteiger partial charge < -0.3 is 9.84 Å². The Morgan fingerprint density at radius 3 is 2.48 bits per heavy atom. The molecule has 0 aliphatic heterocycles. The zero-order valence-corrected chi connectivity index (χ0v) is 15.6. The number of hydrogen-bond donors (Lipinski definition) is 1. The Kier molecular flexibility index (Phi) is 5.25. The van der Waals surface area contributed by atoms with Gasteiger partial charge in [0.05, 0.1) is 17.4 Å². The third-order valence-corrected chi connectivity index (χ3v) is 5.13. The van der Waals surface area contributed by atoms with E-state index in [0.29, 0.717) is 16.9 Å². The molecule has 1 aliphatic rings. The molecule has 1 saturated carbocycles. The van der Waals surface area contributed by atoms with Gasteiger partial charge in [0.15, 0.2) is 0 Å². The molecule has 1 N–H and O–H groups in total. The van der Waals surface area contributed by atoms with Gasteiger partial charge in [0, 0.05) is 18.2 Å². The highest BCUT2D eigenvalue weighted by Gasteiger charge is 2.20. The van der Waals surface area contributed by atoms with E-state index in [1.54, 1.807) is 18.2 Å². The summed E-state index contributed by atoms with van der Waals surface area (Å²) in [4.78, 5) is 15.3. The molecule has 0 atom stereocenters. The topological polar surface area (TPSA) is 59.4 Å². The maximum absolute atomic E-state index is 14.7. The summed E-state index contributed by atoms with van der Waals surface area (Å²) < 4.78 is 35.3. The van der Waals surface area contributed by atoms with Gasteiger partial charge in [-0.05, 0) is 66.8 Å². The van der Waals surface area contributed by atoms with Crippen LogP contribution in [-0.4, -0.2) is 22.2 Å². The van der Waals surface area contributed by atoms with Crippen LogP contribution >= 0.6 is 0 Å². The Morgan fingerprint density at radius 2 is 1.83 bits per heavy atom. The van der Waals surface area contributed by atoms with E-state index in [0.717, 1.165) is 19.3 Å². The van der Waals surface area contributed by atoms with Gasteiger partial charge in [-0.2, -0.15) is 0 Å². The maximum Gasteiger partial charge on any atom is 0.337 e. The summed E-state index contributed by atoms with van der Waals surface area (Å²) in [6, 6.07) is 12.5. The molecule has 0 radical (unpaired) electrons. The fourth-order valence-electron chi connectivity index (χ4n) is 3.31. The predicted molar refractivity (Wildman–Crippen MR) is 104 cm³/mol. The van der Waals surface area contributed by atoms with E-state index in [-0.39, 0.29) is 29.3 Å². The number of pyridine rings is 1. The molecule has 0 bridgehead atoms. The summed E-state index contributed by atoms with van der Waals surface area (Å²) >= 11 is 0. The fourth-order valence-corrected chi connectivity index (χ4v) is 3.31. The summed E-state index contributed by atoms with van der Waals surface area (Å²) in [7, 11) is 0. The monoisotopic (exact) mass is 395 g/mol. The van der Waals surface area contributed by atoms with E-state index in [2.05, 4.69) is 4.98 Å². The van der Waals surface area contributed by atoms with Gasteiger partial charge in [-0.25, -0.2) is 13.6 Å². The molecule has 0 amide bonds. The van der Waals surface area contributed by atoms with Crippen molar-refractivity contribution >= 4 is 5.97 Å². The zero-order valence-electron chi connectivity index (χ0n) is 15.6. The first kappa shape index (κ1) is 19.1. The number of aromatic carboxylic acids is 1. The van der Waals surface area contributed by atoms with Crippen LogP contribution in [0.25, 0.3) is 11.1 Å². The molecular formula is C23H19F2NO3. The maximum atomic E-state index is 14.7. The molecule has 1 heterocycles. The first-order valence-corrected chi connectivity index (χ1v) is 9.43. The Labute approximate surface area is 166 Å². The quantitative estimate of drug-likeness (QED) is 0.620. The molecule has 0 spiro atoms. The molecular weight excluding hydrogens is 376 g/mol. The number of aromatic nitrogens is 1. The summed E-state index contributed by atoms with van der Waals surface area (Å²) in [6.45, 7) is 0. The van der Waals surface area contributed by atoms with Crippen LogP contribution < -0.4 is 4.74 Å². The van der Waals surface area contributed by atoms with Crippen molar-refractivity contribution in [1.29, 1.82) is 0 Å². The number of rotatable bonds is 6. The average Bonchev–Trinajstić information content (AvgIpc) is 2.68. The van der Waals surface area contributed by atoms with E-state index in [1.807, 2.05) is 6.07 Å². The third-order valence-electron chi connectivity index (χ3n) is 5.13. The van der Waals surface area contributed by atoms with Crippen molar-refractivity contribution in [2.24, 2.45) is 0 Å². The summed E-state index contributed by atoms with van der Waals surface area (Å²) in [5, 5.41) is 9.25. The van der Waals surface area contributed by atoms with Crippen LogP contribution in [0.15, 0.2) is 54.7 Å². The number of ether oxygens (including phenoxy) is 1. The van der Waals surface area contributed by atoms with Crippen molar-refractivity contribution in [3.8, 4) is 16.9 Å². The standard InChI is InChI=1S/C23H19F2NO3/c24-20-11-15(14-4-1-7-17(10-14)29-16-5-2-6-16)12-21(25)19(20)13-22-18(23(27)28)8-3-9-26-22/h1,3-4,7-12,16H,2,5-6,13H2,(H,27,28). The summed E-state index contributed by atoms with van der Waals surface area (Å²) in [6.07, 6.45) is 4.57. The summed E-state index contributed by atoms with van der Waals surface area (Å²) in [5.41, 5.74) is 0.868. The second kappa shape index (κ2) is 7.99. The Hall–Kier alpha value is -3.28. The van der Waals surface area contributed by atoms with Gasteiger partial charge >= 0.3 is 5.97 Å². The zero-order chi connectivity index (χ0) is 20.4. The molecule has 3 aromatic rings. The lowest BCUT2D eigenvalue weighted by Gasteiger charge is -2.26. The lowest BCUT2D eigenvalue weighted by molar-refractivity contribution is 0.0695. The Balaban J connectivity index is 1.63. The lowest BCUT2D eigenvalue weighted by Crippen LogP contribution is -2.24. The highest BCUT2D eigenvalue weighted by molar-refractivity contribution is 5.88. The number of halogens is 2. The molecule has 29 heavy (non-hydrogen) atoms. The highest BCUT2D eigenvalue weighted by atomic mass is 19.1. The number of carboxylic acids is 1. The molecule has 1 fully saturated rings. The van der Waals surface area contributed by atoms with E-state index in [9.17, 15) is 18.7 Å². The molecule has 6 heteroatoms. The van der Waals surface area contributed by atoms with Crippen molar-refractivity contribution in [2.75, 3.05) is 0 Å². The molecule has 1 aliphatic carbocycles. The predicted octanol–water partition coefficient (Wildman–Crippen LogP) is 5.25. The lowest BCUT2D eigenvalue weighted by atomic mass is 9.96. The number of carbonyl (C=O) groups is 1. The van der Waals surface area contributed by atoms with Crippen molar-refractivity contribution in [3.63, 3.8) is 0 Å². The smallest absolute Gasteiger partial charge is 0.337 e. The van der Waals surface area contributed by atoms with Crippen LogP contribution in [0.5, 0.6) is 5.75 Å². The van der Waals surface area contributed by atoms with E-state index >= 15 is 0 Å². The molecule has 0 unspecified atom stereocenters. The first-order chi connectivity index (χ1) is 14.0. The highest BCUT2D eigenvalue weighted by Crippen LogP contribution is 2.31. The van der Waals surface area contributed by atoms with Gasteiger partial charge in [0.25, 0.3) is 0 Å². The SMILES string of the molecule is O=C(O)c1cccnc1Cc1c(F)cc(-c2cccc(OC3CCC3)c2)cc1F. The number of hydrogen-bond acceptors (Lipinski definition) is 3. The minimum atomic E-state index is -1.19. The Morgan fingerprint density at radius 1 is 1.07 bits per heavy atom. The van der Waals surface area contributed by atoms with Crippen LogP contribution in [0, 0.1) is 11.6 Å². The third kappa shape index (κ3) is 4.11. The van der Waals surface area contributed by atoms with Crippen molar-refractivity contribution < 1.29 is 23.4 Å². The van der Waals surface area contributed by atoms with E-state index < -0.39 is 17.6 Å². The first-order valence-electron chi connectivity index (χ1n) is 9.43. The van der Waals surface area contributed by atoms with Gasteiger partial charge in [-0.15, -0.1) is 0 Å². The van der Waals surface area contributed by atoms with Crippen molar-refractivity contribution in [1.82, 2.24) is 4.98 Å². The molecule has 4 nitrogen and oxygen atoms in total. The average molecular weight is 395 g/mol. The molecule has 4 rings (SSSR count).